The fourth-order valence-corrected chi connectivity index (χ4v) is 3.56. The van der Waals surface area contributed by atoms with Gasteiger partial charge in [0.25, 0.3) is 0 Å². The Labute approximate surface area is 227 Å². The third kappa shape index (κ3) is 12.3. The average Bonchev–Trinajstić information content (AvgIpc) is 2.88. The van der Waals surface area contributed by atoms with Gasteiger partial charge in [-0.2, -0.15) is 0 Å². The Morgan fingerprint density at radius 3 is 2.00 bits per heavy atom. The highest BCUT2D eigenvalue weighted by Gasteiger charge is 2.31. The number of nitrogens with one attached hydrogen (secondary N) is 3. The summed E-state index contributed by atoms with van der Waals surface area (Å²) in [6.45, 7) is 3.85. The van der Waals surface area contributed by atoms with Crippen LogP contribution in [0.5, 0.6) is 0 Å². The summed E-state index contributed by atoms with van der Waals surface area (Å²) in [6, 6.07) is 4.14. The van der Waals surface area contributed by atoms with E-state index in [9.17, 15) is 29.1 Å². The van der Waals surface area contributed by atoms with Gasteiger partial charge < -0.3 is 44.0 Å². The second-order valence-corrected chi connectivity index (χ2v) is 9.24. The van der Waals surface area contributed by atoms with E-state index in [4.69, 9.17) is 22.9 Å². The Kier molecular flexibility index (Phi) is 14.0. The number of benzene rings is 1. The van der Waals surface area contributed by atoms with E-state index in [1.165, 1.54) is 0 Å². The molecule has 0 radical (unpaired) electrons. The Bertz CT molecular complexity index is 1020. The number of carboxylic acids is 1. The molecule has 0 heterocycles. The Morgan fingerprint density at radius 2 is 1.46 bits per heavy atom. The number of primary amides is 1. The van der Waals surface area contributed by atoms with Gasteiger partial charge in [-0.3, -0.25) is 24.2 Å². The first kappa shape index (κ1) is 32.8. The molecule has 0 aliphatic rings. The molecule has 1 aromatic carbocycles. The predicted octanol–water partition coefficient (Wildman–Crippen LogP) is -1.93. The fourth-order valence-electron chi connectivity index (χ4n) is 3.56. The van der Waals surface area contributed by atoms with Crippen LogP contribution < -0.4 is 38.9 Å². The van der Waals surface area contributed by atoms with Crippen LogP contribution in [0, 0.1) is 5.92 Å². The summed E-state index contributed by atoms with van der Waals surface area (Å²) in [5, 5.41) is 16.8. The second kappa shape index (κ2) is 16.6. The maximum atomic E-state index is 13.4. The monoisotopic (exact) mass is 548 g/mol. The van der Waals surface area contributed by atoms with Crippen LogP contribution in [0.3, 0.4) is 0 Å². The zero-order valence-electron chi connectivity index (χ0n) is 22.3. The number of guanidine groups is 1. The third-order valence-corrected chi connectivity index (χ3v) is 6.07. The van der Waals surface area contributed by atoms with E-state index in [1.807, 2.05) is 13.8 Å². The van der Waals surface area contributed by atoms with Crippen molar-refractivity contribution in [2.75, 3.05) is 6.54 Å². The maximum Gasteiger partial charge on any atom is 0.326 e. The number of aliphatic imine (C=N–C) groups is 1. The van der Waals surface area contributed by atoms with Crippen LogP contribution >= 0.6 is 0 Å². The Balaban J connectivity index is 3.18. The van der Waals surface area contributed by atoms with Gasteiger partial charge >= 0.3 is 5.97 Å². The molecule has 1 rings (SSSR count). The molecule has 5 atom stereocenters. The van der Waals surface area contributed by atoms with E-state index in [-0.39, 0.29) is 37.7 Å². The standard InChI is InChI=1S/C25H40N8O6/c1-3-14(2)20(27)23(37)32-17(12-15-8-5-4-6-9-15)22(36)31-16(10-7-11-30-25(28)29)21(35)33-18(24(38)39)13-19(26)34/h4-6,8-9,14,16-18,20H,3,7,10-13,27H2,1-2H3,(H2,26,34)(H,31,36)(H,32,37)(H,33,35)(H,38,39)(H4,28,29,30). The predicted molar refractivity (Wildman–Crippen MR) is 145 cm³/mol. The highest BCUT2D eigenvalue weighted by Crippen LogP contribution is 2.09. The van der Waals surface area contributed by atoms with Crippen LogP contribution in [0.2, 0.25) is 0 Å². The minimum absolute atomic E-state index is 0.0235. The number of nitrogens with two attached hydrogens (primary N) is 4. The summed E-state index contributed by atoms with van der Waals surface area (Å²) >= 11 is 0. The Hall–Kier alpha value is -4.20. The van der Waals surface area contributed by atoms with Gasteiger partial charge in [0.05, 0.1) is 12.5 Å². The summed E-state index contributed by atoms with van der Waals surface area (Å²) in [5.41, 5.74) is 22.6. The molecule has 0 saturated heterocycles. The number of carboxylic acid groups (broad SMARTS) is 1. The summed E-state index contributed by atoms with van der Waals surface area (Å²) in [4.78, 5) is 65.8. The second-order valence-electron chi connectivity index (χ2n) is 9.24. The Morgan fingerprint density at radius 1 is 0.897 bits per heavy atom. The molecule has 39 heavy (non-hydrogen) atoms. The minimum Gasteiger partial charge on any atom is -0.480 e. The van der Waals surface area contributed by atoms with Gasteiger partial charge in [0.1, 0.15) is 18.1 Å². The molecule has 0 bridgehead atoms. The zero-order chi connectivity index (χ0) is 29.5. The smallest absolute Gasteiger partial charge is 0.326 e. The van der Waals surface area contributed by atoms with E-state index in [0.29, 0.717) is 6.42 Å². The van der Waals surface area contributed by atoms with Crippen molar-refractivity contribution < 1.29 is 29.1 Å². The first-order chi connectivity index (χ1) is 18.3. The van der Waals surface area contributed by atoms with Crippen LogP contribution in [0.1, 0.15) is 45.1 Å². The SMILES string of the molecule is CCC(C)C(N)C(=O)NC(Cc1ccccc1)C(=O)NC(CCCN=C(N)N)C(=O)NC(CC(N)=O)C(=O)O. The molecule has 0 aliphatic carbocycles. The molecule has 0 saturated carbocycles. The molecule has 14 heteroatoms. The third-order valence-electron chi connectivity index (χ3n) is 6.07. The molecular weight excluding hydrogens is 508 g/mol. The van der Waals surface area contributed by atoms with Crippen LogP contribution in [0.15, 0.2) is 35.3 Å². The molecule has 4 amide bonds. The van der Waals surface area contributed by atoms with Gasteiger partial charge in [0.15, 0.2) is 5.96 Å². The first-order valence-electron chi connectivity index (χ1n) is 12.6. The van der Waals surface area contributed by atoms with Gasteiger partial charge in [-0.05, 0) is 24.3 Å². The van der Waals surface area contributed by atoms with Gasteiger partial charge in [-0.25, -0.2) is 4.79 Å². The number of amides is 4. The molecule has 1 aromatic rings. The zero-order valence-corrected chi connectivity index (χ0v) is 22.3. The summed E-state index contributed by atoms with van der Waals surface area (Å²) < 4.78 is 0. The van der Waals surface area contributed by atoms with E-state index < -0.39 is 60.2 Å². The minimum atomic E-state index is -1.60. The van der Waals surface area contributed by atoms with E-state index >= 15 is 0 Å². The topological polar surface area (TPSA) is 258 Å². The molecule has 0 fully saturated rings. The fraction of sp³-hybridized carbons (Fsp3) is 0.520. The van der Waals surface area contributed by atoms with Crippen molar-refractivity contribution in [3.05, 3.63) is 35.9 Å². The van der Waals surface area contributed by atoms with E-state index in [2.05, 4.69) is 20.9 Å². The molecule has 216 valence electrons. The molecule has 0 spiro atoms. The normalized spacial score (nSPS) is 14.5. The van der Waals surface area contributed by atoms with Crippen molar-refractivity contribution in [2.24, 2.45) is 33.8 Å². The van der Waals surface area contributed by atoms with Crippen LogP contribution in [-0.4, -0.2) is 71.4 Å². The van der Waals surface area contributed by atoms with Crippen LogP contribution in [0.4, 0.5) is 0 Å². The molecular formula is C25H40N8O6. The quantitative estimate of drug-likeness (QED) is 0.0611. The van der Waals surface area contributed by atoms with Crippen molar-refractivity contribution in [2.45, 2.75) is 70.1 Å². The van der Waals surface area contributed by atoms with Crippen LogP contribution in [-0.2, 0) is 30.4 Å². The summed E-state index contributed by atoms with van der Waals surface area (Å²) in [5.74, 6) is -4.77. The van der Waals surface area contributed by atoms with E-state index in [0.717, 1.165) is 5.56 Å². The van der Waals surface area contributed by atoms with Crippen molar-refractivity contribution in [3.8, 4) is 0 Å². The van der Waals surface area contributed by atoms with Gasteiger partial charge in [0.2, 0.25) is 23.6 Å². The lowest BCUT2D eigenvalue weighted by atomic mass is 9.98. The van der Waals surface area contributed by atoms with Gasteiger partial charge in [-0.1, -0.05) is 50.6 Å². The number of aliphatic carboxylic acids is 1. The largest absolute Gasteiger partial charge is 0.480 e. The lowest BCUT2D eigenvalue weighted by Crippen LogP contribution is -2.58. The van der Waals surface area contributed by atoms with Crippen molar-refractivity contribution in [3.63, 3.8) is 0 Å². The number of hydrogen-bond donors (Lipinski definition) is 8. The summed E-state index contributed by atoms with van der Waals surface area (Å²) in [7, 11) is 0. The van der Waals surface area contributed by atoms with Crippen molar-refractivity contribution in [1.82, 2.24) is 16.0 Å². The molecule has 5 unspecified atom stereocenters. The lowest BCUT2D eigenvalue weighted by Gasteiger charge is -2.26. The number of carbonyl (C=O) groups is 5. The highest BCUT2D eigenvalue weighted by atomic mass is 16.4. The molecule has 14 nitrogen and oxygen atoms in total. The number of nitrogens with zero attached hydrogens (tertiary/aromatic N) is 1. The average molecular weight is 549 g/mol. The number of hydrogen-bond acceptors (Lipinski definition) is 7. The number of rotatable bonds is 17. The highest BCUT2D eigenvalue weighted by molar-refractivity contribution is 5.95. The van der Waals surface area contributed by atoms with E-state index in [1.54, 1.807) is 30.3 Å². The molecule has 0 aromatic heterocycles. The van der Waals surface area contributed by atoms with Gasteiger partial charge in [0, 0.05) is 13.0 Å². The molecule has 0 aliphatic heterocycles. The number of carbonyl (C=O) groups excluding carboxylic acids is 4. The van der Waals surface area contributed by atoms with Crippen molar-refractivity contribution >= 4 is 35.6 Å². The summed E-state index contributed by atoms with van der Waals surface area (Å²) in [6.07, 6.45) is 0.385. The first-order valence-corrected chi connectivity index (χ1v) is 12.6. The molecule has 12 N–H and O–H groups in total. The lowest BCUT2D eigenvalue weighted by molar-refractivity contribution is -0.143. The van der Waals surface area contributed by atoms with Crippen LogP contribution in [0.25, 0.3) is 0 Å². The van der Waals surface area contributed by atoms with Crippen molar-refractivity contribution in [1.29, 1.82) is 0 Å². The van der Waals surface area contributed by atoms with Gasteiger partial charge in [-0.15, -0.1) is 0 Å². The maximum absolute atomic E-state index is 13.4.